The highest BCUT2D eigenvalue weighted by Gasteiger charge is 2.49. The Morgan fingerprint density at radius 1 is 1.20 bits per heavy atom. The van der Waals surface area contributed by atoms with E-state index in [1.807, 2.05) is 30.3 Å². The van der Waals surface area contributed by atoms with Gasteiger partial charge in [0.2, 0.25) is 5.91 Å². The lowest BCUT2D eigenvalue weighted by molar-refractivity contribution is -0.141. The number of hydrogen-bond acceptors (Lipinski definition) is 6. The summed E-state index contributed by atoms with van der Waals surface area (Å²) in [5.74, 6) is -2.29. The molecule has 6 rings (SSSR count). The van der Waals surface area contributed by atoms with Gasteiger partial charge in [-0.05, 0) is 49.1 Å². The highest BCUT2D eigenvalue weighted by atomic mass is 35.5. The van der Waals surface area contributed by atoms with Crippen molar-refractivity contribution < 1.29 is 28.6 Å². The van der Waals surface area contributed by atoms with Gasteiger partial charge >= 0.3 is 12.1 Å². The van der Waals surface area contributed by atoms with E-state index in [0.29, 0.717) is 42.2 Å². The van der Waals surface area contributed by atoms with E-state index in [2.05, 4.69) is 15.3 Å². The number of aromatic nitrogens is 2. The molecule has 41 heavy (non-hydrogen) atoms. The highest BCUT2D eigenvalue weighted by Crippen LogP contribution is 2.45. The third-order valence-electron chi connectivity index (χ3n) is 7.43. The molecule has 2 aromatic heterocycles. The number of nitrogens with one attached hydrogen (secondary N) is 2. The Balaban J connectivity index is 1.34. The number of nitrogens with zero attached hydrogens (tertiary/aromatic N) is 2. The molecule has 1 unspecified atom stereocenters. The molecule has 0 saturated carbocycles. The molecule has 3 N–H and O–H groups in total. The molecular formula is C29H24ClFN4O5S. The van der Waals surface area contributed by atoms with Crippen LogP contribution in [-0.4, -0.2) is 51.0 Å². The number of amides is 2. The molecule has 9 nitrogen and oxygen atoms in total. The Labute approximate surface area is 242 Å². The Hall–Kier alpha value is -4.22. The molecule has 2 atom stereocenters. The van der Waals surface area contributed by atoms with E-state index in [0.717, 1.165) is 16.9 Å². The molecule has 4 heterocycles. The second kappa shape index (κ2) is 10.6. The van der Waals surface area contributed by atoms with Crippen LogP contribution in [-0.2, 0) is 21.6 Å². The van der Waals surface area contributed by atoms with Crippen molar-refractivity contribution in [1.82, 2.24) is 14.9 Å². The monoisotopic (exact) mass is 594 g/mol. The number of rotatable bonds is 6. The van der Waals surface area contributed by atoms with Crippen molar-refractivity contribution in [1.29, 1.82) is 0 Å². The molecule has 210 valence electrons. The quantitative estimate of drug-likeness (QED) is 0.250. The topological polar surface area (TPSA) is 125 Å². The van der Waals surface area contributed by atoms with Crippen LogP contribution in [0.1, 0.15) is 45.4 Å². The number of piperidine rings is 1. The van der Waals surface area contributed by atoms with Gasteiger partial charge in [0.1, 0.15) is 16.6 Å². The van der Waals surface area contributed by atoms with E-state index < -0.39 is 29.4 Å². The van der Waals surface area contributed by atoms with Crippen molar-refractivity contribution in [3.63, 3.8) is 0 Å². The lowest BCUT2D eigenvalue weighted by Crippen LogP contribution is -2.54. The molecule has 2 amide bonds. The Morgan fingerprint density at radius 3 is 2.76 bits per heavy atom. The predicted molar refractivity (Wildman–Crippen MR) is 151 cm³/mol. The zero-order chi connectivity index (χ0) is 28.7. The first-order valence-corrected chi connectivity index (χ1v) is 14.1. The largest absolute Gasteiger partial charge is 0.477 e. The second-order valence-electron chi connectivity index (χ2n) is 10.0. The Bertz CT molecular complexity index is 1660. The molecule has 2 aliphatic heterocycles. The molecule has 1 spiro atoms. The summed E-state index contributed by atoms with van der Waals surface area (Å²) in [7, 11) is 0. The first kappa shape index (κ1) is 27.0. The fourth-order valence-electron chi connectivity index (χ4n) is 5.57. The zero-order valence-electron chi connectivity index (χ0n) is 21.5. The van der Waals surface area contributed by atoms with Crippen LogP contribution in [0.15, 0.2) is 60.8 Å². The number of aromatic carboxylic acids is 1. The number of H-pyrrole nitrogens is 1. The average Bonchev–Trinajstić information content (AvgIpc) is 3.64. The summed E-state index contributed by atoms with van der Waals surface area (Å²) in [6.45, 7) is 0.337. The SMILES string of the molecule is O=C1Nc2ccc(Cl)c(F)c2[C@@]2(CCCN(C(=O)C(Cc3ccccc3)c3ncc(-c4ccc(C(=O)O)s4)[nH]3)C2)O1. The van der Waals surface area contributed by atoms with Gasteiger partial charge in [-0.2, -0.15) is 0 Å². The minimum absolute atomic E-state index is 0.0464. The highest BCUT2D eigenvalue weighted by molar-refractivity contribution is 7.17. The number of carbonyl (C=O) groups is 3. The molecule has 0 radical (unpaired) electrons. The number of fused-ring (bicyclic) bond motifs is 2. The molecule has 1 fully saturated rings. The molecule has 0 bridgehead atoms. The maximum atomic E-state index is 15.4. The summed E-state index contributed by atoms with van der Waals surface area (Å²) in [6, 6.07) is 15.6. The van der Waals surface area contributed by atoms with Gasteiger partial charge in [0, 0.05) is 6.54 Å². The Morgan fingerprint density at radius 2 is 2.00 bits per heavy atom. The number of halogens is 2. The number of ether oxygens (including phenoxy) is 1. The van der Waals surface area contributed by atoms with Crippen LogP contribution in [0.4, 0.5) is 14.9 Å². The van der Waals surface area contributed by atoms with Crippen molar-refractivity contribution in [2.45, 2.75) is 30.8 Å². The summed E-state index contributed by atoms with van der Waals surface area (Å²) in [4.78, 5) is 48.3. The van der Waals surface area contributed by atoms with Gasteiger partial charge in [0.25, 0.3) is 0 Å². The standard InChI is InChI=1S/C29H24ClFN4O5S/c30-18-7-8-19-23(24(18)31)29(40-28(39)34-19)11-4-12-35(15-29)26(36)17(13-16-5-2-1-3-6-16)25-32-14-20(33-25)21-9-10-22(41-21)27(37)38/h1-3,5-10,14,17H,4,11-13,15H2,(H,32,33)(H,34,39)(H,37,38)/t17?,29-/m0/s1. The van der Waals surface area contributed by atoms with Crippen molar-refractivity contribution in [2.75, 3.05) is 18.4 Å². The minimum Gasteiger partial charge on any atom is -0.477 e. The number of carboxylic acids is 1. The fourth-order valence-corrected chi connectivity index (χ4v) is 6.54. The average molecular weight is 595 g/mol. The van der Waals surface area contributed by atoms with Crippen LogP contribution in [0, 0.1) is 5.82 Å². The van der Waals surface area contributed by atoms with Gasteiger partial charge < -0.3 is 19.7 Å². The van der Waals surface area contributed by atoms with Gasteiger partial charge in [-0.25, -0.2) is 19.0 Å². The fraction of sp³-hybridized carbons (Fsp3) is 0.241. The van der Waals surface area contributed by atoms with Crippen LogP contribution in [0.5, 0.6) is 0 Å². The second-order valence-corrected chi connectivity index (χ2v) is 11.5. The molecule has 12 heteroatoms. The number of anilines is 1. The lowest BCUT2D eigenvalue weighted by atomic mass is 9.82. The van der Waals surface area contributed by atoms with Gasteiger partial charge in [-0.15, -0.1) is 11.3 Å². The van der Waals surface area contributed by atoms with Crippen LogP contribution in [0.2, 0.25) is 5.02 Å². The smallest absolute Gasteiger partial charge is 0.412 e. The minimum atomic E-state index is -1.39. The number of likely N-dealkylation sites (tertiary alicyclic amines) is 1. The number of benzene rings is 2. The molecule has 1 saturated heterocycles. The van der Waals surface area contributed by atoms with Crippen LogP contribution < -0.4 is 5.32 Å². The first-order valence-electron chi connectivity index (χ1n) is 12.9. The van der Waals surface area contributed by atoms with Gasteiger partial charge in [-0.3, -0.25) is 10.1 Å². The van der Waals surface area contributed by atoms with Crippen molar-refractivity contribution in [3.05, 3.63) is 93.5 Å². The number of hydrogen-bond donors (Lipinski definition) is 3. The van der Waals surface area contributed by atoms with E-state index in [1.54, 1.807) is 17.2 Å². The number of aromatic amines is 1. The van der Waals surface area contributed by atoms with Crippen molar-refractivity contribution in [2.24, 2.45) is 0 Å². The van der Waals surface area contributed by atoms with E-state index >= 15 is 4.39 Å². The summed E-state index contributed by atoms with van der Waals surface area (Å²) in [5.41, 5.74) is 0.517. The maximum absolute atomic E-state index is 15.4. The van der Waals surface area contributed by atoms with Crippen molar-refractivity contribution in [3.8, 4) is 10.6 Å². The Kier molecular flexibility index (Phi) is 7.00. The van der Waals surface area contributed by atoms with E-state index in [9.17, 15) is 19.5 Å². The van der Waals surface area contributed by atoms with E-state index in [1.165, 1.54) is 18.2 Å². The molecule has 2 aliphatic rings. The van der Waals surface area contributed by atoms with Crippen LogP contribution in [0.3, 0.4) is 0 Å². The van der Waals surface area contributed by atoms with E-state index in [-0.39, 0.29) is 33.6 Å². The van der Waals surface area contributed by atoms with E-state index in [4.69, 9.17) is 16.3 Å². The number of thiophene rings is 1. The van der Waals surface area contributed by atoms with Crippen LogP contribution >= 0.6 is 22.9 Å². The van der Waals surface area contributed by atoms with Crippen molar-refractivity contribution >= 4 is 46.6 Å². The van der Waals surface area contributed by atoms with Gasteiger partial charge in [-0.1, -0.05) is 41.9 Å². The third-order valence-corrected chi connectivity index (χ3v) is 8.83. The molecule has 0 aliphatic carbocycles. The maximum Gasteiger partial charge on any atom is 0.412 e. The summed E-state index contributed by atoms with van der Waals surface area (Å²) in [6.07, 6.45) is 1.99. The van der Waals surface area contributed by atoms with Gasteiger partial charge in [0.15, 0.2) is 11.4 Å². The lowest BCUT2D eigenvalue weighted by Gasteiger charge is -2.45. The third kappa shape index (κ3) is 5.07. The molecular weight excluding hydrogens is 571 g/mol. The number of imidazole rings is 1. The van der Waals surface area contributed by atoms with Crippen LogP contribution in [0.25, 0.3) is 10.6 Å². The summed E-state index contributed by atoms with van der Waals surface area (Å²) < 4.78 is 21.1. The molecule has 2 aromatic carbocycles. The van der Waals surface area contributed by atoms with Gasteiger partial charge in [0.05, 0.1) is 39.6 Å². The normalized spacial score (nSPS) is 18.9. The predicted octanol–water partition coefficient (Wildman–Crippen LogP) is 6.04. The first-order chi connectivity index (χ1) is 19.7. The molecule has 4 aromatic rings. The number of carboxylic acid groups (broad SMARTS) is 1. The number of carbonyl (C=O) groups excluding carboxylic acids is 2. The summed E-state index contributed by atoms with van der Waals surface area (Å²) >= 11 is 7.21. The summed E-state index contributed by atoms with van der Waals surface area (Å²) in [5, 5.41) is 11.7. The zero-order valence-corrected chi connectivity index (χ0v) is 23.1.